The van der Waals surface area contributed by atoms with Gasteiger partial charge in [-0.3, -0.25) is 4.90 Å². The van der Waals surface area contributed by atoms with Crippen molar-refractivity contribution in [1.29, 1.82) is 0 Å². The van der Waals surface area contributed by atoms with Gasteiger partial charge in [-0.15, -0.1) is 0 Å². The van der Waals surface area contributed by atoms with Crippen molar-refractivity contribution in [3.05, 3.63) is 48.2 Å². The lowest BCUT2D eigenvalue weighted by molar-refractivity contribution is 0.143. The van der Waals surface area contributed by atoms with Gasteiger partial charge in [-0.05, 0) is 24.5 Å². The van der Waals surface area contributed by atoms with E-state index in [2.05, 4.69) is 44.0 Å². The van der Waals surface area contributed by atoms with E-state index >= 15 is 0 Å². The number of aliphatic hydroxyl groups excluding tert-OH is 1. The number of piperazine rings is 1. The van der Waals surface area contributed by atoms with Gasteiger partial charge in [0.1, 0.15) is 5.82 Å². The molecule has 0 radical (unpaired) electrons. The molecule has 0 amide bonds. The molecule has 0 spiro atoms. The summed E-state index contributed by atoms with van der Waals surface area (Å²) in [7, 11) is 0. The van der Waals surface area contributed by atoms with Crippen LogP contribution in [0.1, 0.15) is 12.0 Å². The summed E-state index contributed by atoms with van der Waals surface area (Å²) in [6.07, 6.45) is 3.48. The van der Waals surface area contributed by atoms with Gasteiger partial charge in [-0.2, -0.15) is 4.98 Å². The van der Waals surface area contributed by atoms with Crippen LogP contribution in [0.3, 0.4) is 0 Å². The summed E-state index contributed by atoms with van der Waals surface area (Å²) in [4.78, 5) is 13.3. The van der Waals surface area contributed by atoms with E-state index in [1.807, 2.05) is 6.07 Å². The molecule has 24 heavy (non-hydrogen) atoms. The third-order valence-electron chi connectivity index (χ3n) is 4.54. The Morgan fingerprint density at radius 2 is 2.00 bits per heavy atom. The van der Waals surface area contributed by atoms with Crippen LogP contribution >= 0.6 is 0 Å². The molecule has 0 bridgehead atoms. The normalized spacial score (nSPS) is 18.7. The van der Waals surface area contributed by atoms with E-state index in [0.717, 1.165) is 39.0 Å². The predicted molar refractivity (Wildman–Crippen MR) is 95.9 cm³/mol. The van der Waals surface area contributed by atoms with Gasteiger partial charge >= 0.3 is 0 Å². The molecule has 1 aromatic carbocycles. The highest BCUT2D eigenvalue weighted by atomic mass is 16.3. The van der Waals surface area contributed by atoms with Crippen LogP contribution in [0.2, 0.25) is 0 Å². The zero-order valence-electron chi connectivity index (χ0n) is 13.9. The zero-order valence-corrected chi connectivity index (χ0v) is 13.9. The highest BCUT2D eigenvalue weighted by Crippen LogP contribution is 2.18. The minimum absolute atomic E-state index is 0.193. The molecule has 1 aromatic heterocycles. The molecule has 2 heterocycles. The Hall–Kier alpha value is -2.18. The highest BCUT2D eigenvalue weighted by Gasteiger charge is 2.27. The standard InChI is InChI=1S/C18H25N5O/c19-17-6-9-20-18(21-17)23-12-11-22(16(14-23)8-13-24)10-7-15-4-2-1-3-5-15/h1-6,9,16,24H,7-8,10-14H2,(H2,19,20,21). The Kier molecular flexibility index (Phi) is 5.61. The lowest BCUT2D eigenvalue weighted by Crippen LogP contribution is -2.54. The van der Waals surface area contributed by atoms with Gasteiger partial charge in [-0.25, -0.2) is 4.98 Å². The number of benzene rings is 1. The van der Waals surface area contributed by atoms with Crippen molar-refractivity contribution >= 4 is 11.8 Å². The van der Waals surface area contributed by atoms with Gasteiger partial charge in [0.25, 0.3) is 0 Å². The number of hydrogen-bond donors (Lipinski definition) is 2. The molecular weight excluding hydrogens is 302 g/mol. The summed E-state index contributed by atoms with van der Waals surface area (Å²) in [6.45, 7) is 3.83. The first-order valence-electron chi connectivity index (χ1n) is 8.48. The number of hydrogen-bond acceptors (Lipinski definition) is 6. The zero-order chi connectivity index (χ0) is 16.8. The van der Waals surface area contributed by atoms with E-state index in [9.17, 15) is 5.11 Å². The van der Waals surface area contributed by atoms with Crippen molar-refractivity contribution in [3.63, 3.8) is 0 Å². The van der Waals surface area contributed by atoms with E-state index in [1.165, 1.54) is 5.56 Å². The number of aliphatic hydroxyl groups is 1. The molecule has 3 rings (SSSR count). The summed E-state index contributed by atoms with van der Waals surface area (Å²) in [5.74, 6) is 1.17. The second kappa shape index (κ2) is 8.08. The van der Waals surface area contributed by atoms with Crippen LogP contribution in [0.4, 0.5) is 11.8 Å². The maximum atomic E-state index is 9.43. The molecule has 2 aromatic rings. The van der Waals surface area contributed by atoms with Gasteiger partial charge in [0.15, 0.2) is 0 Å². The van der Waals surface area contributed by atoms with Crippen LogP contribution in [0.15, 0.2) is 42.6 Å². The van der Waals surface area contributed by atoms with Gasteiger partial charge in [-0.1, -0.05) is 30.3 Å². The molecule has 1 atom stereocenters. The lowest BCUT2D eigenvalue weighted by Gasteiger charge is -2.41. The van der Waals surface area contributed by atoms with Gasteiger partial charge < -0.3 is 15.7 Å². The molecule has 1 aliphatic heterocycles. The van der Waals surface area contributed by atoms with Crippen molar-refractivity contribution in [2.75, 3.05) is 43.4 Å². The maximum Gasteiger partial charge on any atom is 0.227 e. The Balaban J connectivity index is 1.62. The SMILES string of the molecule is Nc1ccnc(N2CCN(CCc3ccccc3)C(CCO)C2)n1. The summed E-state index contributed by atoms with van der Waals surface area (Å²) >= 11 is 0. The van der Waals surface area contributed by atoms with Crippen molar-refractivity contribution in [2.45, 2.75) is 18.9 Å². The number of nitrogen functional groups attached to an aromatic ring is 1. The number of anilines is 2. The van der Waals surface area contributed by atoms with Crippen LogP contribution in [0, 0.1) is 0 Å². The summed E-state index contributed by atoms with van der Waals surface area (Å²) < 4.78 is 0. The monoisotopic (exact) mass is 327 g/mol. The predicted octanol–water partition coefficient (Wildman–Crippen LogP) is 1.17. The van der Waals surface area contributed by atoms with E-state index in [0.29, 0.717) is 17.8 Å². The fraction of sp³-hybridized carbons (Fsp3) is 0.444. The van der Waals surface area contributed by atoms with Crippen molar-refractivity contribution in [3.8, 4) is 0 Å². The van der Waals surface area contributed by atoms with Crippen LogP contribution in [0.5, 0.6) is 0 Å². The first-order chi connectivity index (χ1) is 11.8. The quantitative estimate of drug-likeness (QED) is 0.829. The fourth-order valence-corrected chi connectivity index (χ4v) is 3.22. The van der Waals surface area contributed by atoms with Crippen molar-refractivity contribution in [2.24, 2.45) is 0 Å². The van der Waals surface area contributed by atoms with Crippen LogP contribution < -0.4 is 10.6 Å². The Morgan fingerprint density at radius 3 is 2.75 bits per heavy atom. The molecule has 3 N–H and O–H groups in total. The number of rotatable bonds is 6. The molecule has 1 aliphatic rings. The molecule has 6 nitrogen and oxygen atoms in total. The van der Waals surface area contributed by atoms with E-state index in [-0.39, 0.29) is 6.61 Å². The van der Waals surface area contributed by atoms with Crippen LogP contribution in [-0.2, 0) is 6.42 Å². The molecule has 128 valence electrons. The van der Waals surface area contributed by atoms with Crippen LogP contribution in [-0.4, -0.2) is 58.8 Å². The third-order valence-corrected chi connectivity index (χ3v) is 4.54. The molecular formula is C18H25N5O. The molecule has 0 aliphatic carbocycles. The fourth-order valence-electron chi connectivity index (χ4n) is 3.22. The van der Waals surface area contributed by atoms with E-state index in [1.54, 1.807) is 12.3 Å². The van der Waals surface area contributed by atoms with E-state index < -0.39 is 0 Å². The second-order valence-corrected chi connectivity index (χ2v) is 6.17. The molecule has 1 saturated heterocycles. The summed E-state index contributed by atoms with van der Waals surface area (Å²) in [5.41, 5.74) is 7.12. The largest absolute Gasteiger partial charge is 0.396 e. The van der Waals surface area contributed by atoms with Gasteiger partial charge in [0.05, 0.1) is 0 Å². The van der Waals surface area contributed by atoms with Crippen molar-refractivity contribution in [1.82, 2.24) is 14.9 Å². The van der Waals surface area contributed by atoms with E-state index in [4.69, 9.17) is 5.73 Å². The topological polar surface area (TPSA) is 78.5 Å². The third kappa shape index (κ3) is 4.21. The molecule has 0 saturated carbocycles. The first-order valence-corrected chi connectivity index (χ1v) is 8.48. The average molecular weight is 327 g/mol. The number of nitrogens with two attached hydrogens (primary N) is 1. The average Bonchev–Trinajstić information content (AvgIpc) is 2.62. The minimum Gasteiger partial charge on any atom is -0.396 e. The first kappa shape index (κ1) is 16.7. The number of aromatic nitrogens is 2. The van der Waals surface area contributed by atoms with Crippen LogP contribution in [0.25, 0.3) is 0 Å². The smallest absolute Gasteiger partial charge is 0.227 e. The highest BCUT2D eigenvalue weighted by molar-refractivity contribution is 5.38. The molecule has 6 heteroatoms. The van der Waals surface area contributed by atoms with Gasteiger partial charge in [0.2, 0.25) is 5.95 Å². The summed E-state index contributed by atoms with van der Waals surface area (Å²) in [5, 5.41) is 9.43. The summed E-state index contributed by atoms with van der Waals surface area (Å²) in [6, 6.07) is 12.5. The Bertz CT molecular complexity index is 636. The van der Waals surface area contributed by atoms with Crippen molar-refractivity contribution < 1.29 is 5.11 Å². The Labute approximate surface area is 142 Å². The minimum atomic E-state index is 0.193. The maximum absolute atomic E-state index is 9.43. The lowest BCUT2D eigenvalue weighted by atomic mass is 10.1. The van der Waals surface area contributed by atoms with Gasteiger partial charge in [0, 0.05) is 45.0 Å². The number of nitrogens with zero attached hydrogens (tertiary/aromatic N) is 4. The second-order valence-electron chi connectivity index (χ2n) is 6.17. The molecule has 1 unspecified atom stereocenters. The Morgan fingerprint density at radius 1 is 1.17 bits per heavy atom. The molecule has 1 fully saturated rings.